The van der Waals surface area contributed by atoms with E-state index >= 15 is 0 Å². The standard InChI is InChI=1S/C14H16ClN/c1-9(2)6-11-4-5-12-10(3)7-14(15)16-13(12)8-11/h4-5,7-9H,6H2,1-3H3. The molecule has 1 aromatic carbocycles. The molecule has 0 spiro atoms. The van der Waals surface area contributed by atoms with Crippen molar-refractivity contribution in [3.8, 4) is 0 Å². The zero-order valence-corrected chi connectivity index (χ0v) is 10.7. The highest BCUT2D eigenvalue weighted by Crippen LogP contribution is 2.22. The van der Waals surface area contributed by atoms with Crippen LogP contribution in [0.4, 0.5) is 0 Å². The first-order chi connectivity index (χ1) is 7.56. The Morgan fingerprint density at radius 2 is 2.00 bits per heavy atom. The first-order valence-electron chi connectivity index (χ1n) is 5.62. The van der Waals surface area contributed by atoms with Gasteiger partial charge in [-0.3, -0.25) is 0 Å². The molecule has 0 aliphatic heterocycles. The van der Waals surface area contributed by atoms with Gasteiger partial charge in [-0.25, -0.2) is 4.98 Å². The fraction of sp³-hybridized carbons (Fsp3) is 0.357. The van der Waals surface area contributed by atoms with E-state index in [4.69, 9.17) is 11.6 Å². The second kappa shape index (κ2) is 4.42. The number of pyridine rings is 1. The van der Waals surface area contributed by atoms with Gasteiger partial charge in [0.15, 0.2) is 0 Å². The van der Waals surface area contributed by atoms with E-state index in [1.807, 2.05) is 6.07 Å². The summed E-state index contributed by atoms with van der Waals surface area (Å²) < 4.78 is 0. The molecule has 0 saturated carbocycles. The summed E-state index contributed by atoms with van der Waals surface area (Å²) in [5.74, 6) is 0.665. The number of aryl methyl sites for hydroxylation is 1. The molecule has 0 aliphatic rings. The van der Waals surface area contributed by atoms with Crippen molar-refractivity contribution in [3.63, 3.8) is 0 Å². The van der Waals surface area contributed by atoms with Gasteiger partial charge in [0.1, 0.15) is 5.15 Å². The minimum Gasteiger partial charge on any atom is -0.236 e. The van der Waals surface area contributed by atoms with E-state index in [2.05, 4.69) is 44.0 Å². The van der Waals surface area contributed by atoms with Crippen LogP contribution < -0.4 is 0 Å². The van der Waals surface area contributed by atoms with Crippen molar-refractivity contribution in [1.29, 1.82) is 0 Å². The number of halogens is 1. The molecular weight excluding hydrogens is 218 g/mol. The van der Waals surface area contributed by atoms with Crippen LogP contribution in [0.15, 0.2) is 24.3 Å². The van der Waals surface area contributed by atoms with E-state index in [0.717, 1.165) is 11.9 Å². The maximum absolute atomic E-state index is 5.97. The zero-order valence-electron chi connectivity index (χ0n) is 9.92. The minimum absolute atomic E-state index is 0.576. The summed E-state index contributed by atoms with van der Waals surface area (Å²) in [4.78, 5) is 4.37. The molecule has 2 aromatic rings. The highest BCUT2D eigenvalue weighted by Gasteiger charge is 2.04. The Morgan fingerprint density at radius 3 is 2.69 bits per heavy atom. The first kappa shape index (κ1) is 11.4. The SMILES string of the molecule is Cc1cc(Cl)nc2cc(CC(C)C)ccc12. The number of hydrogen-bond acceptors (Lipinski definition) is 1. The van der Waals surface area contributed by atoms with Crippen molar-refractivity contribution < 1.29 is 0 Å². The maximum atomic E-state index is 5.97. The molecule has 2 heteroatoms. The predicted molar refractivity (Wildman–Crippen MR) is 70.0 cm³/mol. The first-order valence-corrected chi connectivity index (χ1v) is 6.00. The van der Waals surface area contributed by atoms with E-state index in [9.17, 15) is 0 Å². The Kier molecular flexibility index (Phi) is 3.15. The molecule has 2 rings (SSSR count). The number of nitrogens with zero attached hydrogens (tertiary/aromatic N) is 1. The topological polar surface area (TPSA) is 12.9 Å². The highest BCUT2D eigenvalue weighted by atomic mass is 35.5. The number of rotatable bonds is 2. The van der Waals surface area contributed by atoms with E-state index < -0.39 is 0 Å². The quantitative estimate of drug-likeness (QED) is 0.701. The molecular formula is C14H16ClN. The van der Waals surface area contributed by atoms with Gasteiger partial charge in [0.05, 0.1) is 5.52 Å². The van der Waals surface area contributed by atoms with Crippen molar-refractivity contribution in [1.82, 2.24) is 4.98 Å². The summed E-state index contributed by atoms with van der Waals surface area (Å²) in [6.07, 6.45) is 1.09. The molecule has 0 radical (unpaired) electrons. The smallest absolute Gasteiger partial charge is 0.130 e. The molecule has 0 fully saturated rings. The van der Waals surface area contributed by atoms with Crippen LogP contribution in [-0.2, 0) is 6.42 Å². The normalized spacial score (nSPS) is 11.3. The average molecular weight is 234 g/mol. The Morgan fingerprint density at radius 1 is 1.25 bits per heavy atom. The molecule has 16 heavy (non-hydrogen) atoms. The third-order valence-electron chi connectivity index (χ3n) is 2.69. The van der Waals surface area contributed by atoms with Crippen molar-refractivity contribution >= 4 is 22.5 Å². The molecule has 0 amide bonds. The lowest BCUT2D eigenvalue weighted by molar-refractivity contribution is 0.647. The maximum Gasteiger partial charge on any atom is 0.130 e. The largest absolute Gasteiger partial charge is 0.236 e. The lowest BCUT2D eigenvalue weighted by atomic mass is 10.0. The van der Waals surface area contributed by atoms with Gasteiger partial charge in [-0.15, -0.1) is 0 Å². The number of hydrogen-bond donors (Lipinski definition) is 0. The third kappa shape index (κ3) is 2.35. The van der Waals surface area contributed by atoms with Gasteiger partial charge in [0.25, 0.3) is 0 Å². The molecule has 1 aromatic heterocycles. The summed E-state index contributed by atoms with van der Waals surface area (Å²) in [6, 6.07) is 8.39. The van der Waals surface area contributed by atoms with Crippen LogP contribution in [0, 0.1) is 12.8 Å². The van der Waals surface area contributed by atoms with E-state index in [0.29, 0.717) is 11.1 Å². The van der Waals surface area contributed by atoms with Gasteiger partial charge < -0.3 is 0 Å². The van der Waals surface area contributed by atoms with Gasteiger partial charge in [-0.1, -0.05) is 37.6 Å². The van der Waals surface area contributed by atoms with Crippen LogP contribution in [0.5, 0.6) is 0 Å². The number of benzene rings is 1. The highest BCUT2D eigenvalue weighted by molar-refractivity contribution is 6.29. The second-order valence-corrected chi connectivity index (χ2v) is 5.10. The summed E-state index contributed by atoms with van der Waals surface area (Å²) in [5.41, 5.74) is 3.52. The molecule has 0 atom stereocenters. The monoisotopic (exact) mass is 233 g/mol. The van der Waals surface area contributed by atoms with Gasteiger partial charge >= 0.3 is 0 Å². The lowest BCUT2D eigenvalue weighted by Crippen LogP contribution is -1.94. The van der Waals surface area contributed by atoms with Gasteiger partial charge in [0, 0.05) is 5.39 Å². The lowest BCUT2D eigenvalue weighted by Gasteiger charge is -2.07. The van der Waals surface area contributed by atoms with Crippen LogP contribution in [-0.4, -0.2) is 4.98 Å². The van der Waals surface area contributed by atoms with Crippen LogP contribution in [0.3, 0.4) is 0 Å². The van der Waals surface area contributed by atoms with Crippen LogP contribution in [0.1, 0.15) is 25.0 Å². The summed E-state index contributed by atoms with van der Waals surface area (Å²) in [5, 5.41) is 1.77. The second-order valence-electron chi connectivity index (χ2n) is 4.71. The zero-order chi connectivity index (χ0) is 11.7. The summed E-state index contributed by atoms with van der Waals surface area (Å²) >= 11 is 5.97. The molecule has 0 saturated heterocycles. The van der Waals surface area contributed by atoms with E-state index in [-0.39, 0.29) is 0 Å². The fourth-order valence-corrected chi connectivity index (χ4v) is 2.26. The van der Waals surface area contributed by atoms with Gasteiger partial charge in [-0.05, 0) is 42.5 Å². The van der Waals surface area contributed by atoms with E-state index in [1.54, 1.807) is 0 Å². The number of aromatic nitrogens is 1. The fourth-order valence-electron chi connectivity index (χ4n) is 2.01. The van der Waals surface area contributed by atoms with Crippen molar-refractivity contribution in [2.75, 3.05) is 0 Å². The van der Waals surface area contributed by atoms with Crippen molar-refractivity contribution in [2.24, 2.45) is 5.92 Å². The van der Waals surface area contributed by atoms with Crippen LogP contribution >= 0.6 is 11.6 Å². The van der Waals surface area contributed by atoms with Gasteiger partial charge in [0.2, 0.25) is 0 Å². The van der Waals surface area contributed by atoms with Gasteiger partial charge in [-0.2, -0.15) is 0 Å². The Labute approximate surface area is 101 Å². The molecule has 1 nitrogen and oxygen atoms in total. The predicted octanol–water partition coefficient (Wildman–Crippen LogP) is 4.40. The minimum atomic E-state index is 0.576. The molecule has 84 valence electrons. The molecule has 0 unspecified atom stereocenters. The molecule has 0 bridgehead atoms. The third-order valence-corrected chi connectivity index (χ3v) is 2.89. The molecule has 1 heterocycles. The van der Waals surface area contributed by atoms with Crippen LogP contribution in [0.25, 0.3) is 10.9 Å². The van der Waals surface area contributed by atoms with Crippen molar-refractivity contribution in [3.05, 3.63) is 40.5 Å². The molecule has 0 aliphatic carbocycles. The summed E-state index contributed by atoms with van der Waals surface area (Å²) in [7, 11) is 0. The average Bonchev–Trinajstić information content (AvgIpc) is 2.15. The molecule has 0 N–H and O–H groups in total. The number of fused-ring (bicyclic) bond motifs is 1. The van der Waals surface area contributed by atoms with E-state index in [1.165, 1.54) is 16.5 Å². The Bertz CT molecular complexity index is 517. The van der Waals surface area contributed by atoms with Crippen molar-refractivity contribution in [2.45, 2.75) is 27.2 Å². The Balaban J connectivity index is 2.53. The Hall–Kier alpha value is -1.08. The van der Waals surface area contributed by atoms with Crippen LogP contribution in [0.2, 0.25) is 5.15 Å². The summed E-state index contributed by atoms with van der Waals surface area (Å²) in [6.45, 7) is 6.51.